The normalized spacial score (nSPS) is 11.4. The van der Waals surface area contributed by atoms with Gasteiger partial charge in [-0.1, -0.05) is 0 Å². The number of aromatic carboxylic acids is 1. The highest BCUT2D eigenvalue weighted by molar-refractivity contribution is 5.86. The average Bonchev–Trinajstić information content (AvgIpc) is 2.02. The number of carboxylic acid groups (broad SMARTS) is 1. The van der Waals surface area contributed by atoms with Crippen LogP contribution in [-0.4, -0.2) is 15.6 Å². The van der Waals surface area contributed by atoms with Gasteiger partial charge in [0.1, 0.15) is 5.56 Å². The Balaban J connectivity index is 3.34. The molecular formula is C10H13NO3. The second-order valence-corrected chi connectivity index (χ2v) is 4.11. The van der Waals surface area contributed by atoms with E-state index in [1.54, 1.807) is 10.8 Å². The van der Waals surface area contributed by atoms with Crippen LogP contribution in [0.2, 0.25) is 0 Å². The van der Waals surface area contributed by atoms with Crippen molar-refractivity contribution in [1.82, 2.24) is 4.57 Å². The fourth-order valence-electron chi connectivity index (χ4n) is 1.06. The SMILES string of the molecule is CC(C)(C)n1ccc(=O)c(C(=O)O)c1. The number of aromatic nitrogens is 1. The number of carboxylic acids is 1. The van der Waals surface area contributed by atoms with Crippen LogP contribution in [0.4, 0.5) is 0 Å². The highest BCUT2D eigenvalue weighted by Gasteiger charge is 2.15. The molecule has 4 heteroatoms. The highest BCUT2D eigenvalue weighted by Crippen LogP contribution is 2.12. The third-order valence-electron chi connectivity index (χ3n) is 1.93. The first-order valence-corrected chi connectivity index (χ1v) is 4.28. The van der Waals surface area contributed by atoms with Crippen molar-refractivity contribution in [2.75, 3.05) is 0 Å². The molecule has 0 saturated heterocycles. The maximum absolute atomic E-state index is 11.1. The van der Waals surface area contributed by atoms with Gasteiger partial charge >= 0.3 is 5.97 Å². The highest BCUT2D eigenvalue weighted by atomic mass is 16.4. The molecule has 0 saturated carbocycles. The Morgan fingerprint density at radius 3 is 2.43 bits per heavy atom. The molecule has 0 aliphatic heterocycles. The first kappa shape index (κ1) is 10.5. The van der Waals surface area contributed by atoms with Crippen molar-refractivity contribution in [2.24, 2.45) is 0 Å². The van der Waals surface area contributed by atoms with Crippen molar-refractivity contribution in [1.29, 1.82) is 0 Å². The van der Waals surface area contributed by atoms with E-state index in [4.69, 9.17) is 5.11 Å². The van der Waals surface area contributed by atoms with Crippen molar-refractivity contribution in [3.8, 4) is 0 Å². The molecule has 0 unspecified atom stereocenters. The molecule has 0 aromatic carbocycles. The van der Waals surface area contributed by atoms with E-state index in [2.05, 4.69) is 0 Å². The van der Waals surface area contributed by atoms with Crippen molar-refractivity contribution in [3.63, 3.8) is 0 Å². The first-order chi connectivity index (χ1) is 6.32. The topological polar surface area (TPSA) is 59.3 Å². The average molecular weight is 195 g/mol. The molecule has 1 aromatic heterocycles. The lowest BCUT2D eigenvalue weighted by Gasteiger charge is -2.23. The number of nitrogens with zero attached hydrogens (tertiary/aromatic N) is 1. The molecule has 0 radical (unpaired) electrons. The summed E-state index contributed by atoms with van der Waals surface area (Å²) in [5, 5.41) is 8.74. The van der Waals surface area contributed by atoms with E-state index >= 15 is 0 Å². The Hall–Kier alpha value is -1.58. The van der Waals surface area contributed by atoms with Crippen molar-refractivity contribution < 1.29 is 9.90 Å². The van der Waals surface area contributed by atoms with E-state index in [0.717, 1.165) is 0 Å². The van der Waals surface area contributed by atoms with Gasteiger partial charge in [-0.25, -0.2) is 4.79 Å². The van der Waals surface area contributed by atoms with Crippen LogP contribution >= 0.6 is 0 Å². The zero-order valence-electron chi connectivity index (χ0n) is 8.44. The van der Waals surface area contributed by atoms with E-state index in [-0.39, 0.29) is 11.1 Å². The summed E-state index contributed by atoms with van der Waals surface area (Å²) < 4.78 is 1.71. The van der Waals surface area contributed by atoms with Gasteiger partial charge in [-0.05, 0) is 20.8 Å². The zero-order chi connectivity index (χ0) is 10.9. The Morgan fingerprint density at radius 1 is 1.43 bits per heavy atom. The number of pyridine rings is 1. The maximum atomic E-state index is 11.1. The van der Waals surface area contributed by atoms with Gasteiger partial charge in [0.15, 0.2) is 5.43 Å². The largest absolute Gasteiger partial charge is 0.477 e. The molecule has 0 fully saturated rings. The van der Waals surface area contributed by atoms with Gasteiger partial charge in [0.25, 0.3) is 0 Å². The summed E-state index contributed by atoms with van der Waals surface area (Å²) in [6.07, 6.45) is 2.96. The van der Waals surface area contributed by atoms with Crippen LogP contribution in [0, 0.1) is 0 Å². The van der Waals surface area contributed by atoms with E-state index < -0.39 is 11.4 Å². The van der Waals surface area contributed by atoms with Crippen LogP contribution in [0.25, 0.3) is 0 Å². The standard InChI is InChI=1S/C10H13NO3/c1-10(2,3)11-5-4-8(12)7(6-11)9(13)14/h4-6H,1-3H3,(H,13,14). The van der Waals surface area contributed by atoms with E-state index in [1.165, 1.54) is 12.3 Å². The second-order valence-electron chi connectivity index (χ2n) is 4.11. The van der Waals surface area contributed by atoms with Crippen molar-refractivity contribution in [3.05, 3.63) is 34.2 Å². The third-order valence-corrected chi connectivity index (χ3v) is 1.93. The molecule has 14 heavy (non-hydrogen) atoms. The molecule has 4 nitrogen and oxygen atoms in total. The Morgan fingerprint density at radius 2 is 2.00 bits per heavy atom. The molecule has 76 valence electrons. The Kier molecular flexibility index (Phi) is 2.47. The molecule has 0 bridgehead atoms. The zero-order valence-corrected chi connectivity index (χ0v) is 8.44. The number of hydrogen-bond acceptors (Lipinski definition) is 2. The second kappa shape index (κ2) is 3.29. The summed E-state index contributed by atoms with van der Waals surface area (Å²) in [5.74, 6) is -1.19. The van der Waals surface area contributed by atoms with E-state index in [9.17, 15) is 9.59 Å². The molecule has 1 N–H and O–H groups in total. The summed E-state index contributed by atoms with van der Waals surface area (Å²) >= 11 is 0. The third kappa shape index (κ3) is 2.02. The molecule has 0 amide bonds. The molecule has 0 atom stereocenters. The quantitative estimate of drug-likeness (QED) is 0.734. The van der Waals surface area contributed by atoms with Crippen molar-refractivity contribution in [2.45, 2.75) is 26.3 Å². The maximum Gasteiger partial charge on any atom is 0.341 e. The minimum atomic E-state index is -1.19. The van der Waals surface area contributed by atoms with Gasteiger partial charge in [0, 0.05) is 24.0 Å². The van der Waals surface area contributed by atoms with Crippen molar-refractivity contribution >= 4 is 5.97 Å². The number of rotatable bonds is 1. The number of hydrogen-bond donors (Lipinski definition) is 1. The van der Waals surface area contributed by atoms with E-state index in [0.29, 0.717) is 0 Å². The molecular weight excluding hydrogens is 182 g/mol. The van der Waals surface area contributed by atoms with Gasteiger partial charge < -0.3 is 9.67 Å². The Labute approximate surface area is 81.8 Å². The van der Waals surface area contributed by atoms with Crippen LogP contribution < -0.4 is 5.43 Å². The van der Waals surface area contributed by atoms with Gasteiger partial charge in [-0.2, -0.15) is 0 Å². The smallest absolute Gasteiger partial charge is 0.341 e. The number of carbonyl (C=O) groups is 1. The predicted octanol–water partition coefficient (Wildman–Crippen LogP) is 1.30. The van der Waals surface area contributed by atoms with Crippen LogP contribution in [0.3, 0.4) is 0 Å². The van der Waals surface area contributed by atoms with Crippen LogP contribution in [-0.2, 0) is 5.54 Å². The molecule has 0 aliphatic carbocycles. The lowest BCUT2D eigenvalue weighted by Crippen LogP contribution is -2.25. The summed E-state index contributed by atoms with van der Waals surface area (Å²) in [6.45, 7) is 5.80. The minimum Gasteiger partial charge on any atom is -0.477 e. The van der Waals surface area contributed by atoms with E-state index in [1.807, 2.05) is 20.8 Å². The summed E-state index contributed by atoms with van der Waals surface area (Å²) in [5.41, 5.74) is -0.877. The van der Waals surface area contributed by atoms with Crippen LogP contribution in [0.15, 0.2) is 23.3 Å². The van der Waals surface area contributed by atoms with Gasteiger partial charge in [-0.15, -0.1) is 0 Å². The monoisotopic (exact) mass is 195 g/mol. The lowest BCUT2D eigenvalue weighted by atomic mass is 10.1. The molecule has 1 aromatic rings. The molecule has 0 spiro atoms. The Bertz CT molecular complexity index is 412. The van der Waals surface area contributed by atoms with Gasteiger partial charge in [0.2, 0.25) is 0 Å². The fourth-order valence-corrected chi connectivity index (χ4v) is 1.06. The summed E-state index contributed by atoms with van der Waals surface area (Å²) in [4.78, 5) is 21.8. The van der Waals surface area contributed by atoms with Gasteiger partial charge in [-0.3, -0.25) is 4.79 Å². The van der Waals surface area contributed by atoms with Gasteiger partial charge in [0.05, 0.1) is 0 Å². The van der Waals surface area contributed by atoms with Crippen LogP contribution in [0.5, 0.6) is 0 Å². The molecule has 0 aliphatic rings. The summed E-state index contributed by atoms with van der Waals surface area (Å²) in [7, 11) is 0. The van der Waals surface area contributed by atoms with Crippen LogP contribution in [0.1, 0.15) is 31.1 Å². The molecule has 1 rings (SSSR count). The minimum absolute atomic E-state index is 0.192. The lowest BCUT2D eigenvalue weighted by molar-refractivity contribution is 0.0694. The summed E-state index contributed by atoms with van der Waals surface area (Å²) in [6, 6.07) is 1.27. The predicted molar refractivity (Wildman–Crippen MR) is 52.7 cm³/mol. The first-order valence-electron chi connectivity index (χ1n) is 4.28. The fraction of sp³-hybridized carbons (Fsp3) is 0.400. The molecule has 1 heterocycles.